The topological polar surface area (TPSA) is 77.1 Å². The van der Waals surface area contributed by atoms with Gasteiger partial charge in [0, 0.05) is 12.7 Å². The molecule has 3 atom stereocenters. The van der Waals surface area contributed by atoms with Gasteiger partial charge in [0.25, 0.3) is 0 Å². The van der Waals surface area contributed by atoms with Gasteiger partial charge in [0.1, 0.15) is 23.4 Å². The molecule has 6 heteroatoms. The van der Waals surface area contributed by atoms with Crippen LogP contribution >= 0.6 is 0 Å². The van der Waals surface area contributed by atoms with E-state index in [9.17, 15) is 5.11 Å². The predicted molar refractivity (Wildman–Crippen MR) is 105 cm³/mol. The molecule has 4 rings (SSSR count). The number of aliphatic imine (C=N–C) groups is 1. The second kappa shape index (κ2) is 7.96. The maximum absolute atomic E-state index is 10.2. The van der Waals surface area contributed by atoms with Gasteiger partial charge in [-0.1, -0.05) is 65.8 Å². The fourth-order valence-corrected chi connectivity index (χ4v) is 3.39. The Balaban J connectivity index is 1.78. The van der Waals surface area contributed by atoms with Crippen molar-refractivity contribution >= 4 is 5.90 Å². The van der Waals surface area contributed by atoms with Crippen LogP contribution in [0.1, 0.15) is 36.0 Å². The Morgan fingerprint density at radius 1 is 1.07 bits per heavy atom. The summed E-state index contributed by atoms with van der Waals surface area (Å²) in [7, 11) is 1.64. The first-order chi connectivity index (χ1) is 13.7. The zero-order valence-corrected chi connectivity index (χ0v) is 15.8. The molecule has 3 aromatic rings. The van der Waals surface area contributed by atoms with Crippen LogP contribution in [0, 0.1) is 0 Å². The summed E-state index contributed by atoms with van der Waals surface area (Å²) in [6.07, 6.45) is -1.13. The zero-order valence-electron chi connectivity index (χ0n) is 15.8. The molecule has 0 fully saturated rings. The maximum atomic E-state index is 10.2. The van der Waals surface area contributed by atoms with Gasteiger partial charge in [-0.3, -0.25) is 0 Å². The third-order valence-electron chi connectivity index (χ3n) is 4.70. The van der Waals surface area contributed by atoms with Crippen LogP contribution in [-0.2, 0) is 9.47 Å². The first-order valence-corrected chi connectivity index (χ1v) is 9.20. The standard InChI is InChI=1S/C22H22N2O4/c1-14(25)20-18(19(24-28-20)15-9-5-3-6-10-15)22-23-17(13-26-2)21(27-22)16-11-7-4-8-12-16/h3-12,14,17,21,25H,13H2,1-2H3/t14-,17-,21-/m0/s1. The van der Waals surface area contributed by atoms with E-state index in [1.165, 1.54) is 0 Å². The highest BCUT2D eigenvalue weighted by Crippen LogP contribution is 2.36. The van der Waals surface area contributed by atoms with E-state index in [-0.39, 0.29) is 12.1 Å². The van der Waals surface area contributed by atoms with Crippen LogP contribution in [0.5, 0.6) is 0 Å². The Hall–Kier alpha value is -2.96. The second-order valence-electron chi connectivity index (χ2n) is 6.72. The van der Waals surface area contributed by atoms with Crippen molar-refractivity contribution in [3.63, 3.8) is 0 Å². The van der Waals surface area contributed by atoms with Gasteiger partial charge in [-0.25, -0.2) is 4.99 Å². The lowest BCUT2D eigenvalue weighted by Gasteiger charge is -2.17. The lowest BCUT2D eigenvalue weighted by Crippen LogP contribution is -2.19. The monoisotopic (exact) mass is 378 g/mol. The number of nitrogens with zero attached hydrogens (tertiary/aromatic N) is 2. The van der Waals surface area contributed by atoms with Crippen molar-refractivity contribution in [2.75, 3.05) is 13.7 Å². The molecule has 0 saturated carbocycles. The number of ether oxygens (including phenoxy) is 2. The second-order valence-corrected chi connectivity index (χ2v) is 6.72. The Morgan fingerprint density at radius 3 is 2.39 bits per heavy atom. The fraction of sp³-hybridized carbons (Fsp3) is 0.273. The van der Waals surface area contributed by atoms with E-state index in [1.54, 1.807) is 14.0 Å². The van der Waals surface area contributed by atoms with E-state index in [2.05, 4.69) is 5.16 Å². The number of aliphatic hydroxyl groups is 1. The van der Waals surface area contributed by atoms with E-state index < -0.39 is 6.10 Å². The van der Waals surface area contributed by atoms with Crippen LogP contribution < -0.4 is 0 Å². The van der Waals surface area contributed by atoms with Crippen LogP contribution in [0.15, 0.2) is 70.2 Å². The molecule has 1 aromatic heterocycles. The van der Waals surface area contributed by atoms with Crippen molar-refractivity contribution in [2.45, 2.75) is 25.2 Å². The van der Waals surface area contributed by atoms with Gasteiger partial charge in [0.05, 0.1) is 6.61 Å². The summed E-state index contributed by atoms with van der Waals surface area (Å²) < 4.78 is 17.1. The molecule has 28 heavy (non-hydrogen) atoms. The Kier molecular flexibility index (Phi) is 5.23. The average molecular weight is 378 g/mol. The molecule has 144 valence electrons. The summed E-state index contributed by atoms with van der Waals surface area (Å²) in [5, 5.41) is 14.4. The maximum Gasteiger partial charge on any atom is 0.223 e. The number of aromatic nitrogens is 1. The number of hydrogen-bond donors (Lipinski definition) is 1. The zero-order chi connectivity index (χ0) is 19.5. The van der Waals surface area contributed by atoms with Crippen molar-refractivity contribution in [3.05, 3.63) is 77.6 Å². The van der Waals surface area contributed by atoms with Crippen molar-refractivity contribution in [1.29, 1.82) is 0 Å². The minimum absolute atomic E-state index is 0.206. The number of aliphatic hydroxyl groups excluding tert-OH is 1. The Labute approximate surface area is 163 Å². The van der Waals surface area contributed by atoms with E-state index in [0.29, 0.717) is 29.5 Å². The highest BCUT2D eigenvalue weighted by atomic mass is 16.5. The first-order valence-electron chi connectivity index (χ1n) is 9.20. The van der Waals surface area contributed by atoms with Gasteiger partial charge >= 0.3 is 0 Å². The molecule has 1 N–H and O–H groups in total. The predicted octanol–water partition coefficient (Wildman–Crippen LogP) is 3.93. The largest absolute Gasteiger partial charge is 0.467 e. The van der Waals surface area contributed by atoms with E-state index in [0.717, 1.165) is 11.1 Å². The number of rotatable bonds is 6. The summed E-state index contributed by atoms with van der Waals surface area (Å²) in [4.78, 5) is 4.77. The molecule has 0 radical (unpaired) electrons. The molecule has 6 nitrogen and oxygen atoms in total. The molecule has 0 aliphatic carbocycles. The molecular formula is C22H22N2O4. The number of benzene rings is 2. The lowest BCUT2D eigenvalue weighted by molar-refractivity contribution is 0.120. The summed E-state index contributed by atoms with van der Waals surface area (Å²) in [6, 6.07) is 19.4. The van der Waals surface area contributed by atoms with Gasteiger partial charge in [-0.2, -0.15) is 0 Å². The quantitative estimate of drug-likeness (QED) is 0.703. The number of methoxy groups -OCH3 is 1. The molecule has 2 aromatic carbocycles. The van der Waals surface area contributed by atoms with Crippen LogP contribution in [0.25, 0.3) is 11.3 Å². The highest BCUT2D eigenvalue weighted by Gasteiger charge is 2.37. The van der Waals surface area contributed by atoms with Crippen molar-refractivity contribution in [3.8, 4) is 11.3 Å². The third-order valence-corrected chi connectivity index (χ3v) is 4.70. The normalized spacial score (nSPS) is 19.9. The smallest absolute Gasteiger partial charge is 0.223 e. The first kappa shape index (κ1) is 18.4. The van der Waals surface area contributed by atoms with Crippen LogP contribution in [0.4, 0.5) is 0 Å². The van der Waals surface area contributed by atoms with Crippen LogP contribution in [0.3, 0.4) is 0 Å². The number of hydrogen-bond acceptors (Lipinski definition) is 6. The summed E-state index contributed by atoms with van der Waals surface area (Å²) >= 11 is 0. The highest BCUT2D eigenvalue weighted by molar-refractivity contribution is 6.02. The molecule has 0 unspecified atom stereocenters. The van der Waals surface area contributed by atoms with Gasteiger partial charge in [-0.05, 0) is 12.5 Å². The minimum atomic E-state index is -0.845. The van der Waals surface area contributed by atoms with Gasteiger partial charge in [0.15, 0.2) is 11.9 Å². The summed E-state index contributed by atoms with van der Waals surface area (Å²) in [5.74, 6) is 0.745. The van der Waals surface area contributed by atoms with E-state index in [4.69, 9.17) is 19.0 Å². The van der Waals surface area contributed by atoms with Crippen molar-refractivity contribution in [2.24, 2.45) is 4.99 Å². The third kappa shape index (κ3) is 3.44. The molecular weight excluding hydrogens is 356 g/mol. The molecule has 2 heterocycles. The Bertz CT molecular complexity index is 951. The molecule has 0 amide bonds. The lowest BCUT2D eigenvalue weighted by atomic mass is 10.0. The summed E-state index contributed by atoms with van der Waals surface area (Å²) in [5.41, 5.74) is 3.06. The minimum Gasteiger partial charge on any atom is -0.467 e. The molecule has 1 aliphatic rings. The molecule has 0 saturated heterocycles. The fourth-order valence-electron chi connectivity index (χ4n) is 3.39. The van der Waals surface area contributed by atoms with Crippen LogP contribution in [-0.4, -0.2) is 35.9 Å². The van der Waals surface area contributed by atoms with Crippen molar-refractivity contribution < 1.29 is 19.1 Å². The van der Waals surface area contributed by atoms with Gasteiger partial charge in [0.2, 0.25) is 5.90 Å². The summed E-state index contributed by atoms with van der Waals surface area (Å²) in [6.45, 7) is 2.05. The van der Waals surface area contributed by atoms with Crippen LogP contribution in [0.2, 0.25) is 0 Å². The van der Waals surface area contributed by atoms with Crippen molar-refractivity contribution in [1.82, 2.24) is 5.16 Å². The molecule has 1 aliphatic heterocycles. The van der Waals surface area contributed by atoms with Gasteiger partial charge in [-0.15, -0.1) is 0 Å². The van der Waals surface area contributed by atoms with Gasteiger partial charge < -0.3 is 19.1 Å². The SMILES string of the molecule is COC[C@@H]1N=C(c2c(-c3ccccc3)noc2[C@H](C)O)O[C@H]1c1ccccc1. The average Bonchev–Trinajstić information content (AvgIpc) is 3.34. The Morgan fingerprint density at radius 2 is 1.75 bits per heavy atom. The van der Waals surface area contributed by atoms with E-state index in [1.807, 2.05) is 60.7 Å². The molecule has 0 bridgehead atoms. The molecule has 0 spiro atoms. The van der Waals surface area contributed by atoms with E-state index >= 15 is 0 Å².